The second kappa shape index (κ2) is 8.46. The van der Waals surface area contributed by atoms with Gasteiger partial charge < -0.3 is 19.0 Å². The predicted octanol–water partition coefficient (Wildman–Crippen LogP) is 4.95. The highest BCUT2D eigenvalue weighted by Gasteiger charge is 2.23. The first-order valence-corrected chi connectivity index (χ1v) is 11.5. The zero-order valence-corrected chi connectivity index (χ0v) is 18.9. The molecule has 0 bridgehead atoms. The number of pyridine rings is 2. The van der Waals surface area contributed by atoms with Crippen molar-refractivity contribution in [2.24, 2.45) is 0 Å². The molecule has 1 amide bonds. The van der Waals surface area contributed by atoms with E-state index < -0.39 is 6.09 Å². The lowest BCUT2D eigenvalue weighted by molar-refractivity contribution is 0.198. The van der Waals surface area contributed by atoms with Gasteiger partial charge in [0.05, 0.1) is 30.3 Å². The minimum Gasteiger partial charge on any atom is -0.391 e. The summed E-state index contributed by atoms with van der Waals surface area (Å²) >= 11 is 5.98. The quantitative estimate of drug-likeness (QED) is 0.378. The van der Waals surface area contributed by atoms with Gasteiger partial charge in [-0.25, -0.2) is 19.7 Å². The first kappa shape index (κ1) is 20.7. The molecule has 8 nitrogen and oxygen atoms in total. The first-order valence-electron chi connectivity index (χ1n) is 11.1. The molecule has 0 aliphatic heterocycles. The Bertz CT molecular complexity index is 1520. The molecule has 5 aromatic rings. The van der Waals surface area contributed by atoms with E-state index in [9.17, 15) is 4.79 Å². The van der Waals surface area contributed by atoms with Crippen molar-refractivity contribution in [2.45, 2.75) is 31.8 Å². The number of rotatable bonds is 6. The van der Waals surface area contributed by atoms with Crippen LogP contribution in [0.15, 0.2) is 67.4 Å². The molecule has 0 unspecified atom stereocenters. The van der Waals surface area contributed by atoms with E-state index in [-0.39, 0.29) is 5.88 Å². The standard InChI is InChI=1S/C25H21ClN6O2/c26-19-3-1-2-16(8-19)10-28-25(33)34-24-9-22-21(11-27-24)29-15-32(22)14-20-13-31-12-18(17-4-5-17)6-7-23(31)30-20/h1-3,6-9,11-13,15,17H,4-5,10,14H2,(H,28,33). The van der Waals surface area contributed by atoms with Crippen LogP contribution in [0.2, 0.25) is 5.02 Å². The zero-order chi connectivity index (χ0) is 23.1. The topological polar surface area (TPSA) is 86.3 Å². The highest BCUT2D eigenvalue weighted by Crippen LogP contribution is 2.39. The van der Waals surface area contributed by atoms with Gasteiger partial charge in [-0.05, 0) is 48.1 Å². The molecule has 0 spiro atoms. The van der Waals surface area contributed by atoms with Crippen LogP contribution in [0.1, 0.15) is 35.6 Å². The van der Waals surface area contributed by atoms with Gasteiger partial charge in [0.15, 0.2) is 0 Å². The Morgan fingerprint density at radius 2 is 2.06 bits per heavy atom. The van der Waals surface area contributed by atoms with Gasteiger partial charge in [-0.2, -0.15) is 0 Å². The number of nitrogens with zero attached hydrogens (tertiary/aromatic N) is 5. The largest absolute Gasteiger partial charge is 0.414 e. The fourth-order valence-electron chi connectivity index (χ4n) is 4.05. The maximum atomic E-state index is 12.3. The van der Waals surface area contributed by atoms with Crippen molar-refractivity contribution in [1.29, 1.82) is 0 Å². The summed E-state index contributed by atoms with van der Waals surface area (Å²) < 4.78 is 9.44. The summed E-state index contributed by atoms with van der Waals surface area (Å²) in [5.41, 5.74) is 5.61. The molecule has 4 aromatic heterocycles. The van der Waals surface area contributed by atoms with Crippen LogP contribution in [0, 0.1) is 0 Å². The van der Waals surface area contributed by atoms with E-state index >= 15 is 0 Å². The third kappa shape index (κ3) is 4.32. The van der Waals surface area contributed by atoms with Crippen LogP contribution in [-0.2, 0) is 13.1 Å². The lowest BCUT2D eigenvalue weighted by Crippen LogP contribution is -2.26. The lowest BCUT2D eigenvalue weighted by Gasteiger charge is -2.07. The maximum absolute atomic E-state index is 12.3. The molecule has 0 radical (unpaired) electrons. The van der Waals surface area contributed by atoms with Crippen LogP contribution >= 0.6 is 11.6 Å². The number of fused-ring (bicyclic) bond motifs is 2. The monoisotopic (exact) mass is 472 g/mol. The first-order chi connectivity index (χ1) is 16.6. The maximum Gasteiger partial charge on any atom is 0.414 e. The van der Waals surface area contributed by atoms with E-state index in [1.807, 2.05) is 16.7 Å². The van der Waals surface area contributed by atoms with Crippen molar-refractivity contribution in [3.63, 3.8) is 0 Å². The fourth-order valence-corrected chi connectivity index (χ4v) is 4.26. The number of hydrogen-bond acceptors (Lipinski definition) is 5. The van der Waals surface area contributed by atoms with Crippen LogP contribution in [-0.4, -0.2) is 30.0 Å². The molecule has 0 atom stereocenters. The summed E-state index contributed by atoms with van der Waals surface area (Å²) in [5, 5.41) is 3.32. The van der Waals surface area contributed by atoms with Gasteiger partial charge in [0.25, 0.3) is 0 Å². The van der Waals surface area contributed by atoms with Crippen LogP contribution < -0.4 is 10.1 Å². The molecule has 0 saturated heterocycles. The number of nitrogens with one attached hydrogen (secondary N) is 1. The average molecular weight is 473 g/mol. The number of ether oxygens (including phenoxy) is 1. The molecule has 1 aliphatic carbocycles. The summed E-state index contributed by atoms with van der Waals surface area (Å²) in [6.07, 6.45) is 9.51. The van der Waals surface area contributed by atoms with E-state index in [1.165, 1.54) is 18.4 Å². The number of hydrogen-bond donors (Lipinski definition) is 1. The van der Waals surface area contributed by atoms with Crippen molar-refractivity contribution in [2.75, 3.05) is 0 Å². The normalized spacial score (nSPS) is 13.4. The predicted molar refractivity (Wildman–Crippen MR) is 128 cm³/mol. The Labute approximate surface area is 200 Å². The van der Waals surface area contributed by atoms with Crippen LogP contribution in [0.4, 0.5) is 4.79 Å². The Hall–Kier alpha value is -3.91. The molecule has 4 heterocycles. The van der Waals surface area contributed by atoms with E-state index in [1.54, 1.807) is 30.7 Å². The van der Waals surface area contributed by atoms with Gasteiger partial charge in [-0.15, -0.1) is 0 Å². The molecule has 1 N–H and O–H groups in total. The summed E-state index contributed by atoms with van der Waals surface area (Å²) in [7, 11) is 0. The van der Waals surface area contributed by atoms with Gasteiger partial charge in [-0.1, -0.05) is 29.8 Å². The van der Waals surface area contributed by atoms with Gasteiger partial charge in [-0.3, -0.25) is 0 Å². The van der Waals surface area contributed by atoms with Gasteiger partial charge in [0, 0.05) is 30.0 Å². The lowest BCUT2D eigenvalue weighted by atomic mass is 10.2. The SMILES string of the molecule is O=C(NCc1cccc(Cl)c1)Oc1cc2c(cn1)ncn2Cc1cn2cc(C3CC3)ccc2n1. The average Bonchev–Trinajstić information content (AvgIpc) is 3.50. The van der Waals surface area contributed by atoms with E-state index in [4.69, 9.17) is 21.3 Å². The molecule has 1 aliphatic rings. The summed E-state index contributed by atoms with van der Waals surface area (Å²) in [6.45, 7) is 0.845. The third-order valence-corrected chi connectivity index (χ3v) is 6.15. The zero-order valence-electron chi connectivity index (χ0n) is 18.2. The summed E-state index contributed by atoms with van der Waals surface area (Å²) in [6, 6.07) is 13.2. The Morgan fingerprint density at radius 3 is 2.91 bits per heavy atom. The minimum atomic E-state index is -0.593. The molecule has 1 fully saturated rings. The number of carbonyl (C=O) groups excluding carboxylic acids is 1. The number of imidazole rings is 2. The fraction of sp³-hybridized carbons (Fsp3) is 0.200. The molecule has 1 saturated carbocycles. The second-order valence-corrected chi connectivity index (χ2v) is 8.93. The van der Waals surface area contributed by atoms with E-state index in [2.05, 4.69) is 44.2 Å². The van der Waals surface area contributed by atoms with E-state index in [0.29, 0.717) is 29.5 Å². The second-order valence-electron chi connectivity index (χ2n) is 8.49. The van der Waals surface area contributed by atoms with Gasteiger partial charge in [0.2, 0.25) is 5.88 Å². The van der Waals surface area contributed by atoms with Gasteiger partial charge >= 0.3 is 6.09 Å². The molecular formula is C25H21ClN6O2. The van der Waals surface area contributed by atoms with Crippen molar-refractivity contribution in [1.82, 2.24) is 29.2 Å². The highest BCUT2D eigenvalue weighted by molar-refractivity contribution is 6.30. The van der Waals surface area contributed by atoms with E-state index in [0.717, 1.165) is 22.4 Å². The number of aromatic nitrogens is 5. The van der Waals surface area contributed by atoms with Crippen molar-refractivity contribution >= 4 is 34.4 Å². The summed E-state index contributed by atoms with van der Waals surface area (Å²) in [4.78, 5) is 25.6. The van der Waals surface area contributed by atoms with Crippen molar-refractivity contribution in [3.05, 3.63) is 89.2 Å². The molecule has 170 valence electrons. The molecule has 1 aromatic carbocycles. The Morgan fingerprint density at radius 1 is 1.15 bits per heavy atom. The molecule has 34 heavy (non-hydrogen) atoms. The Balaban J connectivity index is 1.17. The van der Waals surface area contributed by atoms with Crippen LogP contribution in [0.25, 0.3) is 16.7 Å². The van der Waals surface area contributed by atoms with Crippen LogP contribution in [0.5, 0.6) is 5.88 Å². The van der Waals surface area contributed by atoms with Crippen molar-refractivity contribution < 1.29 is 9.53 Å². The highest BCUT2D eigenvalue weighted by atomic mass is 35.5. The number of carbonyl (C=O) groups is 1. The van der Waals surface area contributed by atoms with Gasteiger partial charge in [0.1, 0.15) is 11.2 Å². The number of amides is 1. The number of benzene rings is 1. The van der Waals surface area contributed by atoms with Crippen LogP contribution in [0.3, 0.4) is 0 Å². The van der Waals surface area contributed by atoms with Crippen molar-refractivity contribution in [3.8, 4) is 5.88 Å². The number of halogens is 1. The molecular weight excluding hydrogens is 452 g/mol. The summed E-state index contributed by atoms with van der Waals surface area (Å²) in [5.74, 6) is 0.892. The third-order valence-electron chi connectivity index (χ3n) is 5.91. The Kier molecular flexibility index (Phi) is 5.15. The molecule has 9 heteroatoms. The molecule has 6 rings (SSSR count). The minimum absolute atomic E-state index is 0.196. The smallest absolute Gasteiger partial charge is 0.391 e.